The van der Waals surface area contributed by atoms with Crippen LogP contribution in [0.2, 0.25) is 0 Å². The normalized spacial score (nSPS) is 28.8. The molecule has 1 aromatic rings. The predicted octanol–water partition coefficient (Wildman–Crippen LogP) is 2.38. The Morgan fingerprint density at radius 2 is 2.11 bits per heavy atom. The Kier molecular flexibility index (Phi) is 3.38. The fourth-order valence-corrected chi connectivity index (χ4v) is 3.19. The maximum atomic E-state index is 12.1. The van der Waals surface area contributed by atoms with Gasteiger partial charge in [0.05, 0.1) is 6.61 Å². The Hall–Kier alpha value is -1.61. The summed E-state index contributed by atoms with van der Waals surface area (Å²) in [7, 11) is 0. The van der Waals surface area contributed by atoms with Gasteiger partial charge in [-0.25, -0.2) is 0 Å². The van der Waals surface area contributed by atoms with Crippen molar-refractivity contribution in [2.24, 2.45) is 5.92 Å². The van der Waals surface area contributed by atoms with E-state index in [0.29, 0.717) is 18.6 Å². The summed E-state index contributed by atoms with van der Waals surface area (Å²) in [5, 5.41) is 0. The van der Waals surface area contributed by atoms with E-state index in [0.717, 1.165) is 13.0 Å². The molecule has 3 atom stereocenters. The number of hydrogen-bond acceptors (Lipinski definition) is 3. The molecule has 1 aliphatic carbocycles. The van der Waals surface area contributed by atoms with Gasteiger partial charge in [0, 0.05) is 18.5 Å². The van der Waals surface area contributed by atoms with Crippen LogP contribution >= 0.6 is 0 Å². The van der Waals surface area contributed by atoms with E-state index in [2.05, 4.69) is 29.2 Å². The Morgan fingerprint density at radius 3 is 2.84 bits per heavy atom. The first-order chi connectivity index (χ1) is 9.29. The molecule has 1 aromatic carbocycles. The Labute approximate surface area is 113 Å². The van der Waals surface area contributed by atoms with Crippen LogP contribution in [0.1, 0.15) is 18.9 Å². The summed E-state index contributed by atoms with van der Waals surface area (Å²) in [6.07, 6.45) is 5.45. The second kappa shape index (κ2) is 5.17. The van der Waals surface area contributed by atoms with Crippen LogP contribution < -0.4 is 0 Å². The molecule has 0 N–H and O–H groups in total. The van der Waals surface area contributed by atoms with Gasteiger partial charge in [-0.05, 0) is 18.9 Å². The molecule has 0 saturated carbocycles. The van der Waals surface area contributed by atoms with Crippen molar-refractivity contribution in [1.82, 2.24) is 4.90 Å². The number of nitrogens with zero attached hydrogens (tertiary/aromatic N) is 1. The van der Waals surface area contributed by atoms with Crippen LogP contribution in [-0.4, -0.2) is 29.6 Å². The first-order valence-electron chi connectivity index (χ1n) is 6.94. The molecular weight excluding hydrogens is 238 g/mol. The molecule has 19 heavy (non-hydrogen) atoms. The molecule has 0 spiro atoms. The monoisotopic (exact) mass is 257 g/mol. The van der Waals surface area contributed by atoms with Crippen molar-refractivity contribution in [2.75, 3.05) is 6.61 Å². The summed E-state index contributed by atoms with van der Waals surface area (Å²) in [6, 6.07) is 10.6. The molecule has 1 fully saturated rings. The number of carbonyl (C=O) groups is 1. The van der Waals surface area contributed by atoms with Crippen molar-refractivity contribution in [3.8, 4) is 0 Å². The van der Waals surface area contributed by atoms with Crippen molar-refractivity contribution >= 4 is 5.97 Å². The van der Waals surface area contributed by atoms with Gasteiger partial charge in [-0.3, -0.25) is 9.69 Å². The maximum Gasteiger partial charge on any atom is 0.323 e. The Bertz CT molecular complexity index is 483. The van der Waals surface area contributed by atoms with Gasteiger partial charge >= 0.3 is 5.97 Å². The molecule has 2 aliphatic rings. The second-order valence-electron chi connectivity index (χ2n) is 5.21. The van der Waals surface area contributed by atoms with Crippen molar-refractivity contribution < 1.29 is 9.53 Å². The third-order valence-corrected chi connectivity index (χ3v) is 4.02. The second-order valence-corrected chi connectivity index (χ2v) is 5.21. The topological polar surface area (TPSA) is 29.5 Å². The highest BCUT2D eigenvalue weighted by Crippen LogP contribution is 2.38. The number of likely N-dealkylation sites (tertiary alicyclic amines) is 1. The molecule has 0 amide bonds. The quantitative estimate of drug-likeness (QED) is 0.612. The van der Waals surface area contributed by atoms with Gasteiger partial charge in [0.1, 0.15) is 6.04 Å². The van der Waals surface area contributed by atoms with E-state index in [4.69, 9.17) is 4.74 Å². The highest BCUT2D eigenvalue weighted by molar-refractivity contribution is 5.77. The third-order valence-electron chi connectivity index (χ3n) is 4.02. The average Bonchev–Trinajstić information content (AvgIpc) is 3.01. The highest BCUT2D eigenvalue weighted by Gasteiger charge is 2.46. The van der Waals surface area contributed by atoms with Crippen LogP contribution in [0.4, 0.5) is 0 Å². The lowest BCUT2D eigenvalue weighted by atomic mass is 10.0. The van der Waals surface area contributed by atoms with Gasteiger partial charge in [-0.2, -0.15) is 0 Å². The summed E-state index contributed by atoms with van der Waals surface area (Å²) in [5.74, 6) is 0.253. The maximum absolute atomic E-state index is 12.1. The zero-order valence-corrected chi connectivity index (χ0v) is 11.2. The lowest BCUT2D eigenvalue weighted by Crippen LogP contribution is -2.44. The number of esters is 1. The lowest BCUT2D eigenvalue weighted by molar-refractivity contribution is -0.150. The summed E-state index contributed by atoms with van der Waals surface area (Å²) < 4.78 is 5.23. The molecule has 3 rings (SSSR count). The van der Waals surface area contributed by atoms with E-state index in [1.807, 2.05) is 25.1 Å². The van der Waals surface area contributed by atoms with E-state index in [1.54, 1.807) is 0 Å². The molecule has 1 aliphatic heterocycles. The number of carbonyl (C=O) groups excluding carboxylic acids is 1. The molecule has 1 heterocycles. The fourth-order valence-electron chi connectivity index (χ4n) is 3.19. The lowest BCUT2D eigenvalue weighted by Gasteiger charge is -2.30. The fraction of sp³-hybridized carbons (Fsp3) is 0.438. The Morgan fingerprint density at radius 1 is 1.32 bits per heavy atom. The predicted molar refractivity (Wildman–Crippen MR) is 73.4 cm³/mol. The molecular formula is C16H19NO2. The largest absolute Gasteiger partial charge is 0.465 e. The highest BCUT2D eigenvalue weighted by atomic mass is 16.5. The zero-order valence-electron chi connectivity index (χ0n) is 11.2. The van der Waals surface area contributed by atoms with Crippen molar-refractivity contribution in [1.29, 1.82) is 0 Å². The standard InChI is InChI=1S/C16H19NO2/c1-2-19-16(18)15-13-8-9-14(10-13)17(15)11-12-6-4-3-5-7-12/h3-9,13-15H,2,10-11H2,1H3/t13?,14?,15-/m0/s1. The molecule has 3 heteroatoms. The smallest absolute Gasteiger partial charge is 0.323 e. The van der Waals surface area contributed by atoms with E-state index >= 15 is 0 Å². The summed E-state index contributed by atoms with van der Waals surface area (Å²) in [5.41, 5.74) is 1.25. The summed E-state index contributed by atoms with van der Waals surface area (Å²) in [6.45, 7) is 3.13. The van der Waals surface area contributed by atoms with Crippen molar-refractivity contribution in [2.45, 2.75) is 32.0 Å². The van der Waals surface area contributed by atoms with Gasteiger partial charge in [-0.15, -0.1) is 0 Å². The van der Waals surface area contributed by atoms with Crippen LogP contribution in [0.25, 0.3) is 0 Å². The summed E-state index contributed by atoms with van der Waals surface area (Å²) >= 11 is 0. The van der Waals surface area contributed by atoms with E-state index in [-0.39, 0.29) is 12.0 Å². The minimum Gasteiger partial charge on any atom is -0.465 e. The zero-order chi connectivity index (χ0) is 13.2. The number of benzene rings is 1. The minimum atomic E-state index is -0.102. The first-order valence-corrected chi connectivity index (χ1v) is 6.94. The number of ether oxygens (including phenoxy) is 1. The summed E-state index contributed by atoms with van der Waals surface area (Å²) in [4.78, 5) is 14.4. The molecule has 3 nitrogen and oxygen atoms in total. The van der Waals surface area contributed by atoms with Gasteiger partial charge in [-0.1, -0.05) is 42.5 Å². The van der Waals surface area contributed by atoms with Crippen molar-refractivity contribution in [3.05, 3.63) is 48.0 Å². The van der Waals surface area contributed by atoms with E-state index in [1.165, 1.54) is 5.56 Å². The van der Waals surface area contributed by atoms with E-state index in [9.17, 15) is 4.79 Å². The van der Waals surface area contributed by atoms with Gasteiger partial charge < -0.3 is 4.74 Å². The molecule has 1 saturated heterocycles. The van der Waals surface area contributed by atoms with Crippen LogP contribution in [0.5, 0.6) is 0 Å². The third kappa shape index (κ3) is 2.30. The number of fused-ring (bicyclic) bond motifs is 2. The number of hydrogen-bond donors (Lipinski definition) is 0. The van der Waals surface area contributed by atoms with Gasteiger partial charge in [0.15, 0.2) is 0 Å². The molecule has 0 aromatic heterocycles. The SMILES string of the molecule is CCOC(=O)[C@@H]1C2C=CC(C2)N1Cc1ccccc1. The molecule has 2 unspecified atom stereocenters. The average molecular weight is 257 g/mol. The minimum absolute atomic E-state index is 0.0738. The van der Waals surface area contributed by atoms with E-state index < -0.39 is 0 Å². The molecule has 0 radical (unpaired) electrons. The van der Waals surface area contributed by atoms with Crippen molar-refractivity contribution in [3.63, 3.8) is 0 Å². The molecule has 2 bridgehead atoms. The van der Waals surface area contributed by atoms with Crippen LogP contribution in [-0.2, 0) is 16.1 Å². The molecule has 100 valence electrons. The van der Waals surface area contributed by atoms with Gasteiger partial charge in [0.25, 0.3) is 0 Å². The van der Waals surface area contributed by atoms with Crippen LogP contribution in [0, 0.1) is 5.92 Å². The van der Waals surface area contributed by atoms with Crippen LogP contribution in [0.15, 0.2) is 42.5 Å². The first kappa shape index (κ1) is 12.4. The Balaban J connectivity index is 1.78. The van der Waals surface area contributed by atoms with Gasteiger partial charge in [0.2, 0.25) is 0 Å². The number of rotatable bonds is 4. The van der Waals surface area contributed by atoms with Crippen LogP contribution in [0.3, 0.4) is 0 Å².